The van der Waals surface area contributed by atoms with Gasteiger partial charge in [-0.05, 0) is 29.9 Å². The Morgan fingerprint density at radius 2 is 2.21 bits per heavy atom. The Bertz CT molecular complexity index is 443. The van der Waals surface area contributed by atoms with Crippen LogP contribution in [-0.4, -0.2) is 15.7 Å². The van der Waals surface area contributed by atoms with Crippen molar-refractivity contribution in [1.82, 2.24) is 9.97 Å². The SMILES string of the molecule is CC(C)CSCc1ncc2c(n1)CC(C)(C)CC2N. The third-order valence-corrected chi connectivity index (χ3v) is 4.81. The summed E-state index contributed by atoms with van der Waals surface area (Å²) in [4.78, 5) is 9.22. The van der Waals surface area contributed by atoms with Crippen LogP contribution in [-0.2, 0) is 12.2 Å². The fourth-order valence-corrected chi connectivity index (χ4v) is 3.52. The molecule has 1 heterocycles. The lowest BCUT2D eigenvalue weighted by atomic mass is 9.74. The fraction of sp³-hybridized carbons (Fsp3) is 0.733. The minimum atomic E-state index is 0.0936. The van der Waals surface area contributed by atoms with E-state index in [1.807, 2.05) is 18.0 Å². The van der Waals surface area contributed by atoms with Gasteiger partial charge in [-0.3, -0.25) is 0 Å². The number of thioether (sulfide) groups is 1. The lowest BCUT2D eigenvalue weighted by Gasteiger charge is -2.34. The topological polar surface area (TPSA) is 51.8 Å². The van der Waals surface area contributed by atoms with Crippen molar-refractivity contribution in [2.24, 2.45) is 17.1 Å². The van der Waals surface area contributed by atoms with Crippen LogP contribution in [0.1, 0.15) is 57.2 Å². The van der Waals surface area contributed by atoms with E-state index in [4.69, 9.17) is 10.7 Å². The second-order valence-corrected chi connectivity index (χ2v) is 7.78. The standard InChI is InChI=1S/C15H25N3S/c1-10(2)8-19-9-14-17-7-11-12(16)5-15(3,4)6-13(11)18-14/h7,10,12H,5-6,8-9,16H2,1-4H3. The molecule has 1 aromatic heterocycles. The van der Waals surface area contributed by atoms with Crippen LogP contribution in [0.5, 0.6) is 0 Å². The minimum Gasteiger partial charge on any atom is -0.324 e. The summed E-state index contributed by atoms with van der Waals surface area (Å²) in [5, 5.41) is 0. The Labute approximate surface area is 120 Å². The van der Waals surface area contributed by atoms with Gasteiger partial charge in [-0.25, -0.2) is 9.97 Å². The first-order valence-corrected chi connectivity index (χ1v) is 8.21. The molecule has 1 aromatic rings. The average molecular weight is 279 g/mol. The lowest BCUT2D eigenvalue weighted by Crippen LogP contribution is -2.31. The number of fused-ring (bicyclic) bond motifs is 1. The minimum absolute atomic E-state index is 0.0936. The van der Waals surface area contributed by atoms with Gasteiger partial charge in [-0.2, -0.15) is 11.8 Å². The average Bonchev–Trinajstić information content (AvgIpc) is 2.26. The summed E-state index contributed by atoms with van der Waals surface area (Å²) in [6.07, 6.45) is 3.98. The van der Waals surface area contributed by atoms with E-state index in [2.05, 4.69) is 32.7 Å². The number of hydrogen-bond acceptors (Lipinski definition) is 4. The zero-order valence-corrected chi connectivity index (χ0v) is 13.3. The number of hydrogen-bond donors (Lipinski definition) is 1. The van der Waals surface area contributed by atoms with E-state index < -0.39 is 0 Å². The maximum Gasteiger partial charge on any atom is 0.138 e. The van der Waals surface area contributed by atoms with Gasteiger partial charge < -0.3 is 5.73 Å². The lowest BCUT2D eigenvalue weighted by molar-refractivity contribution is 0.277. The van der Waals surface area contributed by atoms with Crippen molar-refractivity contribution in [2.75, 3.05) is 5.75 Å². The number of nitrogens with zero attached hydrogens (tertiary/aromatic N) is 2. The van der Waals surface area contributed by atoms with E-state index in [0.717, 1.165) is 41.7 Å². The molecule has 0 amide bonds. The molecular weight excluding hydrogens is 254 g/mol. The van der Waals surface area contributed by atoms with Crippen molar-refractivity contribution >= 4 is 11.8 Å². The molecule has 0 saturated heterocycles. The van der Waals surface area contributed by atoms with E-state index in [-0.39, 0.29) is 11.5 Å². The highest BCUT2D eigenvalue weighted by molar-refractivity contribution is 7.98. The summed E-state index contributed by atoms with van der Waals surface area (Å²) in [6, 6.07) is 0.0936. The first-order valence-electron chi connectivity index (χ1n) is 7.05. The highest BCUT2D eigenvalue weighted by Crippen LogP contribution is 2.38. The zero-order chi connectivity index (χ0) is 14.0. The van der Waals surface area contributed by atoms with E-state index in [1.54, 1.807) is 0 Å². The van der Waals surface area contributed by atoms with Gasteiger partial charge >= 0.3 is 0 Å². The molecule has 0 bridgehead atoms. The predicted octanol–water partition coefficient (Wildman–Crippen LogP) is 3.34. The molecule has 106 valence electrons. The zero-order valence-electron chi connectivity index (χ0n) is 12.4. The first kappa shape index (κ1) is 14.8. The number of nitrogens with two attached hydrogens (primary N) is 1. The van der Waals surface area contributed by atoms with Gasteiger partial charge in [0.25, 0.3) is 0 Å². The Hall–Kier alpha value is -0.610. The van der Waals surface area contributed by atoms with Gasteiger partial charge in [-0.15, -0.1) is 0 Å². The van der Waals surface area contributed by atoms with Crippen molar-refractivity contribution in [3.63, 3.8) is 0 Å². The van der Waals surface area contributed by atoms with Crippen molar-refractivity contribution in [3.05, 3.63) is 23.3 Å². The molecule has 0 fully saturated rings. The van der Waals surface area contributed by atoms with Crippen LogP contribution in [0.25, 0.3) is 0 Å². The molecule has 19 heavy (non-hydrogen) atoms. The summed E-state index contributed by atoms with van der Waals surface area (Å²) in [5.74, 6) is 3.73. The molecule has 0 spiro atoms. The Kier molecular flexibility index (Phi) is 4.51. The van der Waals surface area contributed by atoms with Crippen LogP contribution in [0.2, 0.25) is 0 Å². The van der Waals surface area contributed by atoms with E-state index in [1.165, 1.54) is 5.69 Å². The largest absolute Gasteiger partial charge is 0.324 e. The van der Waals surface area contributed by atoms with Crippen LogP contribution in [0, 0.1) is 11.3 Å². The molecule has 0 radical (unpaired) electrons. The van der Waals surface area contributed by atoms with Crippen molar-refractivity contribution in [2.45, 2.75) is 52.3 Å². The predicted molar refractivity (Wildman–Crippen MR) is 82.1 cm³/mol. The van der Waals surface area contributed by atoms with E-state index in [0.29, 0.717) is 0 Å². The smallest absolute Gasteiger partial charge is 0.138 e. The van der Waals surface area contributed by atoms with Crippen LogP contribution < -0.4 is 5.73 Å². The molecule has 0 aromatic carbocycles. The Morgan fingerprint density at radius 3 is 2.89 bits per heavy atom. The molecule has 2 rings (SSSR count). The molecule has 0 saturated carbocycles. The Balaban J connectivity index is 2.10. The van der Waals surface area contributed by atoms with Crippen molar-refractivity contribution < 1.29 is 0 Å². The molecule has 3 nitrogen and oxygen atoms in total. The van der Waals surface area contributed by atoms with Crippen LogP contribution in [0.3, 0.4) is 0 Å². The quantitative estimate of drug-likeness (QED) is 0.918. The van der Waals surface area contributed by atoms with Gasteiger partial charge in [0.1, 0.15) is 5.82 Å². The third kappa shape index (κ3) is 3.93. The summed E-state index contributed by atoms with van der Waals surface area (Å²) in [7, 11) is 0. The second-order valence-electron chi connectivity index (χ2n) is 6.75. The molecule has 4 heteroatoms. The molecular formula is C15H25N3S. The normalized spacial score (nSPS) is 21.5. The van der Waals surface area contributed by atoms with Gasteiger partial charge in [0, 0.05) is 23.5 Å². The summed E-state index contributed by atoms with van der Waals surface area (Å²) < 4.78 is 0. The van der Waals surface area contributed by atoms with Crippen molar-refractivity contribution in [3.8, 4) is 0 Å². The molecule has 1 aliphatic rings. The van der Waals surface area contributed by atoms with Gasteiger partial charge in [-0.1, -0.05) is 27.7 Å². The maximum absolute atomic E-state index is 6.23. The molecule has 0 aliphatic heterocycles. The highest BCUT2D eigenvalue weighted by Gasteiger charge is 2.31. The fourth-order valence-electron chi connectivity index (χ4n) is 2.61. The molecule has 1 atom stereocenters. The monoisotopic (exact) mass is 279 g/mol. The van der Waals surface area contributed by atoms with Gasteiger partial charge in [0.2, 0.25) is 0 Å². The summed E-state index contributed by atoms with van der Waals surface area (Å²) >= 11 is 1.91. The number of aromatic nitrogens is 2. The number of rotatable bonds is 4. The van der Waals surface area contributed by atoms with Crippen molar-refractivity contribution in [1.29, 1.82) is 0 Å². The molecule has 1 unspecified atom stereocenters. The van der Waals surface area contributed by atoms with Crippen LogP contribution in [0.15, 0.2) is 6.20 Å². The first-order chi connectivity index (χ1) is 8.87. The van der Waals surface area contributed by atoms with E-state index in [9.17, 15) is 0 Å². The molecule has 2 N–H and O–H groups in total. The maximum atomic E-state index is 6.23. The highest BCUT2D eigenvalue weighted by atomic mass is 32.2. The molecule has 1 aliphatic carbocycles. The van der Waals surface area contributed by atoms with Crippen LogP contribution in [0.4, 0.5) is 0 Å². The van der Waals surface area contributed by atoms with Gasteiger partial charge in [0.15, 0.2) is 0 Å². The van der Waals surface area contributed by atoms with E-state index >= 15 is 0 Å². The summed E-state index contributed by atoms with van der Waals surface area (Å²) in [6.45, 7) is 9.01. The Morgan fingerprint density at radius 1 is 1.47 bits per heavy atom. The summed E-state index contributed by atoms with van der Waals surface area (Å²) in [5.41, 5.74) is 8.80. The van der Waals surface area contributed by atoms with Crippen LogP contribution >= 0.6 is 11.8 Å². The third-order valence-electron chi connectivity index (χ3n) is 3.45. The van der Waals surface area contributed by atoms with Gasteiger partial charge in [0.05, 0.1) is 5.75 Å². The second kappa shape index (κ2) is 5.80.